The van der Waals surface area contributed by atoms with Crippen LogP contribution in [0.2, 0.25) is 0 Å². The minimum Gasteiger partial charge on any atom is -0.377 e. The Morgan fingerprint density at radius 2 is 2.05 bits per heavy atom. The van der Waals surface area contributed by atoms with Crippen LogP contribution in [0.1, 0.15) is 20.8 Å². The van der Waals surface area contributed by atoms with Gasteiger partial charge in [0, 0.05) is 25.0 Å². The van der Waals surface area contributed by atoms with Crippen molar-refractivity contribution in [3.63, 3.8) is 0 Å². The van der Waals surface area contributed by atoms with Crippen molar-refractivity contribution in [1.82, 2.24) is 15.5 Å². The quantitative estimate of drug-likeness (QED) is 0.713. The maximum atomic E-state index is 12.3. The zero-order valence-corrected chi connectivity index (χ0v) is 12.2. The molecule has 0 aromatic rings. The molecule has 0 saturated carbocycles. The first-order valence-corrected chi connectivity index (χ1v) is 6.80. The first-order chi connectivity index (χ1) is 8.97. The molecule has 1 heterocycles. The molecule has 2 amide bonds. The van der Waals surface area contributed by atoms with Crippen molar-refractivity contribution in [2.24, 2.45) is 5.92 Å². The van der Waals surface area contributed by atoms with Gasteiger partial charge in [0.25, 0.3) is 0 Å². The van der Waals surface area contributed by atoms with Gasteiger partial charge in [0.1, 0.15) is 6.04 Å². The third-order valence-electron chi connectivity index (χ3n) is 3.08. The Bertz CT molecular complexity index is 320. The number of hydrogen-bond acceptors (Lipinski definition) is 4. The molecule has 1 rings (SSSR count). The zero-order chi connectivity index (χ0) is 14.4. The van der Waals surface area contributed by atoms with Crippen LogP contribution in [0.25, 0.3) is 0 Å². The van der Waals surface area contributed by atoms with Gasteiger partial charge in [0.15, 0.2) is 0 Å². The summed E-state index contributed by atoms with van der Waals surface area (Å²) in [6.45, 7) is 7.51. The van der Waals surface area contributed by atoms with Crippen molar-refractivity contribution in [2.75, 3.05) is 33.4 Å². The standard InChI is InChI=1S/C13H25N3O3/c1-9(2)15-12(17)11-8-19-6-5-16(11)13(18)10(3)7-14-4/h9-11,14H,5-8H2,1-4H3,(H,15,17). The molecular formula is C13H25N3O3. The fourth-order valence-corrected chi connectivity index (χ4v) is 2.14. The first kappa shape index (κ1) is 15.9. The normalized spacial score (nSPS) is 21.3. The van der Waals surface area contributed by atoms with Crippen LogP contribution in [-0.2, 0) is 14.3 Å². The fraction of sp³-hybridized carbons (Fsp3) is 0.846. The van der Waals surface area contributed by atoms with E-state index < -0.39 is 6.04 Å². The summed E-state index contributed by atoms with van der Waals surface area (Å²) in [5, 5.41) is 5.82. The van der Waals surface area contributed by atoms with Crippen LogP contribution in [0.3, 0.4) is 0 Å². The predicted molar refractivity (Wildman–Crippen MR) is 72.7 cm³/mol. The van der Waals surface area contributed by atoms with Crippen molar-refractivity contribution < 1.29 is 14.3 Å². The number of carbonyl (C=O) groups is 2. The van der Waals surface area contributed by atoms with Crippen LogP contribution >= 0.6 is 0 Å². The van der Waals surface area contributed by atoms with Crippen molar-refractivity contribution in [2.45, 2.75) is 32.9 Å². The molecule has 110 valence electrons. The first-order valence-electron chi connectivity index (χ1n) is 6.80. The van der Waals surface area contributed by atoms with E-state index in [1.165, 1.54) is 0 Å². The van der Waals surface area contributed by atoms with Gasteiger partial charge in [0.2, 0.25) is 11.8 Å². The summed E-state index contributed by atoms with van der Waals surface area (Å²) >= 11 is 0. The molecule has 1 aliphatic rings. The Balaban J connectivity index is 2.71. The summed E-state index contributed by atoms with van der Waals surface area (Å²) in [5.41, 5.74) is 0. The second-order valence-electron chi connectivity index (χ2n) is 5.24. The highest BCUT2D eigenvalue weighted by Crippen LogP contribution is 2.12. The van der Waals surface area contributed by atoms with Crippen molar-refractivity contribution >= 4 is 11.8 Å². The number of carbonyl (C=O) groups excluding carboxylic acids is 2. The number of hydrogen-bond donors (Lipinski definition) is 2. The molecule has 19 heavy (non-hydrogen) atoms. The third-order valence-corrected chi connectivity index (χ3v) is 3.08. The Kier molecular flexibility index (Phi) is 6.24. The predicted octanol–water partition coefficient (Wildman–Crippen LogP) is -0.406. The molecule has 1 saturated heterocycles. The lowest BCUT2D eigenvalue weighted by molar-refractivity contribution is -0.151. The van der Waals surface area contributed by atoms with E-state index in [1.807, 2.05) is 27.8 Å². The average Bonchev–Trinajstić information content (AvgIpc) is 2.37. The number of amides is 2. The maximum Gasteiger partial charge on any atom is 0.245 e. The van der Waals surface area contributed by atoms with E-state index >= 15 is 0 Å². The van der Waals surface area contributed by atoms with Crippen LogP contribution in [0.15, 0.2) is 0 Å². The highest BCUT2D eigenvalue weighted by Gasteiger charge is 2.34. The molecule has 2 unspecified atom stereocenters. The second-order valence-corrected chi connectivity index (χ2v) is 5.24. The van der Waals surface area contributed by atoms with E-state index in [2.05, 4.69) is 10.6 Å². The lowest BCUT2D eigenvalue weighted by Gasteiger charge is -2.36. The molecule has 0 radical (unpaired) electrons. The number of morpholine rings is 1. The molecule has 0 aromatic carbocycles. The molecule has 6 heteroatoms. The monoisotopic (exact) mass is 271 g/mol. The molecule has 0 bridgehead atoms. The van der Waals surface area contributed by atoms with Crippen molar-refractivity contribution in [3.05, 3.63) is 0 Å². The van der Waals surface area contributed by atoms with E-state index in [9.17, 15) is 9.59 Å². The average molecular weight is 271 g/mol. The molecule has 1 fully saturated rings. The van der Waals surface area contributed by atoms with Gasteiger partial charge in [0.05, 0.1) is 13.2 Å². The summed E-state index contributed by atoms with van der Waals surface area (Å²) in [7, 11) is 1.81. The summed E-state index contributed by atoms with van der Waals surface area (Å²) in [4.78, 5) is 26.1. The number of nitrogens with one attached hydrogen (secondary N) is 2. The summed E-state index contributed by atoms with van der Waals surface area (Å²) in [6, 6.07) is -0.455. The number of ether oxygens (including phenoxy) is 1. The van der Waals surface area contributed by atoms with E-state index in [0.29, 0.717) is 19.7 Å². The van der Waals surface area contributed by atoms with Gasteiger partial charge in [-0.05, 0) is 20.9 Å². The topological polar surface area (TPSA) is 70.7 Å². The van der Waals surface area contributed by atoms with E-state index in [-0.39, 0.29) is 30.4 Å². The van der Waals surface area contributed by atoms with Crippen LogP contribution in [0.4, 0.5) is 0 Å². The molecule has 1 aliphatic heterocycles. The highest BCUT2D eigenvalue weighted by atomic mass is 16.5. The molecular weight excluding hydrogens is 246 g/mol. The van der Waals surface area contributed by atoms with Gasteiger partial charge >= 0.3 is 0 Å². The summed E-state index contributed by atoms with van der Waals surface area (Å²) in [6.07, 6.45) is 0. The van der Waals surface area contributed by atoms with Crippen LogP contribution in [-0.4, -0.2) is 62.1 Å². The Hall–Kier alpha value is -1.14. The third kappa shape index (κ3) is 4.47. The molecule has 0 aromatic heterocycles. The van der Waals surface area contributed by atoms with E-state index in [1.54, 1.807) is 4.90 Å². The van der Waals surface area contributed by atoms with Crippen LogP contribution < -0.4 is 10.6 Å². The minimum atomic E-state index is -0.511. The number of rotatable bonds is 5. The smallest absolute Gasteiger partial charge is 0.245 e. The largest absolute Gasteiger partial charge is 0.377 e. The second kappa shape index (κ2) is 7.45. The van der Waals surface area contributed by atoms with Crippen molar-refractivity contribution in [1.29, 1.82) is 0 Å². The minimum absolute atomic E-state index is 0.00144. The Morgan fingerprint density at radius 3 is 2.63 bits per heavy atom. The van der Waals surface area contributed by atoms with Gasteiger partial charge < -0.3 is 20.3 Å². The van der Waals surface area contributed by atoms with Gasteiger partial charge in [-0.25, -0.2) is 0 Å². The maximum absolute atomic E-state index is 12.3. The van der Waals surface area contributed by atoms with Gasteiger partial charge in [-0.15, -0.1) is 0 Å². The van der Waals surface area contributed by atoms with E-state index in [4.69, 9.17) is 4.74 Å². The van der Waals surface area contributed by atoms with Gasteiger partial charge in [-0.3, -0.25) is 9.59 Å². The fourth-order valence-electron chi connectivity index (χ4n) is 2.14. The molecule has 2 atom stereocenters. The van der Waals surface area contributed by atoms with Crippen LogP contribution in [0.5, 0.6) is 0 Å². The summed E-state index contributed by atoms with van der Waals surface area (Å²) in [5.74, 6) is -0.279. The molecule has 6 nitrogen and oxygen atoms in total. The molecule has 0 spiro atoms. The SMILES string of the molecule is CNCC(C)C(=O)N1CCOCC1C(=O)NC(C)C. The lowest BCUT2D eigenvalue weighted by Crippen LogP contribution is -2.58. The van der Waals surface area contributed by atoms with Gasteiger partial charge in [-0.1, -0.05) is 6.92 Å². The van der Waals surface area contributed by atoms with Crippen LogP contribution in [0, 0.1) is 5.92 Å². The lowest BCUT2D eigenvalue weighted by atomic mass is 10.1. The molecule has 2 N–H and O–H groups in total. The highest BCUT2D eigenvalue weighted by molar-refractivity contribution is 5.89. The summed E-state index contributed by atoms with van der Waals surface area (Å²) < 4.78 is 5.33. The molecule has 0 aliphatic carbocycles. The zero-order valence-electron chi connectivity index (χ0n) is 12.2. The number of nitrogens with zero attached hydrogens (tertiary/aromatic N) is 1. The Labute approximate surface area is 114 Å². The van der Waals surface area contributed by atoms with Crippen molar-refractivity contribution in [3.8, 4) is 0 Å². The van der Waals surface area contributed by atoms with Gasteiger partial charge in [-0.2, -0.15) is 0 Å². The van der Waals surface area contributed by atoms with E-state index in [0.717, 1.165) is 0 Å². The Morgan fingerprint density at radius 1 is 1.37 bits per heavy atom.